The van der Waals surface area contributed by atoms with Crippen molar-refractivity contribution < 1.29 is 4.39 Å². The summed E-state index contributed by atoms with van der Waals surface area (Å²) < 4.78 is 12.8. The first-order valence-corrected chi connectivity index (χ1v) is 4.90. The fraction of sp³-hybridized carbons (Fsp3) is 1.00. The van der Waals surface area contributed by atoms with Gasteiger partial charge < -0.3 is 10.2 Å². The average Bonchev–Trinajstić information content (AvgIpc) is 2.16. The first-order valence-electron chi connectivity index (χ1n) is 4.90. The van der Waals surface area contributed by atoms with Crippen LogP contribution in [0.5, 0.6) is 0 Å². The molecule has 3 heteroatoms. The number of hydrogen-bond acceptors (Lipinski definition) is 2. The van der Waals surface area contributed by atoms with Crippen LogP contribution in [0.4, 0.5) is 4.39 Å². The number of rotatable bonds is 4. The molecule has 0 amide bonds. The van der Waals surface area contributed by atoms with Crippen LogP contribution in [0.15, 0.2) is 0 Å². The second-order valence-corrected chi connectivity index (χ2v) is 3.39. The Kier molecular flexibility index (Phi) is 4.54. The van der Waals surface area contributed by atoms with Gasteiger partial charge in [-0.2, -0.15) is 0 Å². The highest BCUT2D eigenvalue weighted by Gasteiger charge is 2.11. The number of hydrogen-bond donors (Lipinski definition) is 1. The molecular weight excluding hydrogens is 155 g/mol. The van der Waals surface area contributed by atoms with E-state index in [1.54, 1.807) is 0 Å². The van der Waals surface area contributed by atoms with Gasteiger partial charge in [-0.1, -0.05) is 6.92 Å². The number of nitrogens with one attached hydrogen (secondary N) is 1. The number of alkyl halides is 1. The van der Waals surface area contributed by atoms with Crippen LogP contribution in [-0.4, -0.2) is 43.8 Å². The van der Waals surface area contributed by atoms with E-state index in [0.717, 1.165) is 32.7 Å². The van der Waals surface area contributed by atoms with Crippen LogP contribution in [0.25, 0.3) is 0 Å². The van der Waals surface area contributed by atoms with Gasteiger partial charge in [-0.3, -0.25) is 0 Å². The summed E-state index contributed by atoms with van der Waals surface area (Å²) in [4.78, 5) is 2.33. The summed E-state index contributed by atoms with van der Waals surface area (Å²) in [5, 5.41) is 3.28. The molecule has 1 unspecified atom stereocenters. The summed E-state index contributed by atoms with van der Waals surface area (Å²) in [7, 11) is 0. The van der Waals surface area contributed by atoms with Crippen LogP contribution in [0.3, 0.4) is 0 Å². The Bertz CT molecular complexity index is 113. The summed E-state index contributed by atoms with van der Waals surface area (Å²) in [6.07, 6.45) is 0.766. The third kappa shape index (κ3) is 3.50. The maximum absolute atomic E-state index is 12.8. The molecule has 0 aromatic carbocycles. The molecule has 0 radical (unpaired) electrons. The Hall–Kier alpha value is -0.150. The molecule has 1 atom stereocenters. The molecule has 12 heavy (non-hydrogen) atoms. The third-order valence-electron chi connectivity index (χ3n) is 2.41. The summed E-state index contributed by atoms with van der Waals surface area (Å²) in [5.41, 5.74) is 0. The van der Waals surface area contributed by atoms with Gasteiger partial charge in [0.2, 0.25) is 0 Å². The molecule has 2 nitrogen and oxygen atoms in total. The Labute approximate surface area is 74.1 Å². The van der Waals surface area contributed by atoms with Gasteiger partial charge in [-0.15, -0.1) is 0 Å². The predicted molar refractivity (Wildman–Crippen MR) is 49.1 cm³/mol. The van der Waals surface area contributed by atoms with Crippen molar-refractivity contribution >= 4 is 0 Å². The lowest BCUT2D eigenvalue weighted by Crippen LogP contribution is -2.44. The number of halogens is 1. The molecule has 1 fully saturated rings. The van der Waals surface area contributed by atoms with Crippen molar-refractivity contribution in [2.75, 3.05) is 32.7 Å². The molecule has 1 saturated heterocycles. The zero-order chi connectivity index (χ0) is 8.81. The minimum absolute atomic E-state index is 0.597. The van der Waals surface area contributed by atoms with Crippen LogP contribution < -0.4 is 5.32 Å². The van der Waals surface area contributed by atoms with Gasteiger partial charge in [0.1, 0.15) is 6.17 Å². The Morgan fingerprint density at radius 3 is 2.67 bits per heavy atom. The molecule has 0 bridgehead atoms. The zero-order valence-electron chi connectivity index (χ0n) is 7.85. The highest BCUT2D eigenvalue weighted by atomic mass is 19.1. The second-order valence-electron chi connectivity index (χ2n) is 3.39. The number of piperazine rings is 1. The van der Waals surface area contributed by atoms with E-state index < -0.39 is 6.17 Å². The summed E-state index contributed by atoms with van der Waals surface area (Å²) in [6.45, 7) is 7.11. The average molecular weight is 174 g/mol. The Morgan fingerprint density at radius 2 is 2.08 bits per heavy atom. The van der Waals surface area contributed by atoms with E-state index in [-0.39, 0.29) is 0 Å². The van der Waals surface area contributed by atoms with Crippen molar-refractivity contribution in [1.29, 1.82) is 0 Å². The van der Waals surface area contributed by atoms with Crippen molar-refractivity contribution in [2.45, 2.75) is 25.9 Å². The lowest BCUT2D eigenvalue weighted by Gasteiger charge is -2.27. The van der Waals surface area contributed by atoms with Gasteiger partial charge in [0.15, 0.2) is 0 Å². The smallest absolute Gasteiger partial charge is 0.101 e. The van der Waals surface area contributed by atoms with Crippen molar-refractivity contribution in [2.24, 2.45) is 0 Å². The van der Waals surface area contributed by atoms with Gasteiger partial charge in [-0.25, -0.2) is 4.39 Å². The van der Waals surface area contributed by atoms with E-state index in [1.807, 2.05) is 6.92 Å². The second kappa shape index (κ2) is 5.49. The summed E-state index contributed by atoms with van der Waals surface area (Å²) in [6, 6.07) is 0. The normalized spacial score (nSPS) is 22.5. The first-order chi connectivity index (χ1) is 5.83. The fourth-order valence-corrected chi connectivity index (χ4v) is 1.46. The third-order valence-corrected chi connectivity index (χ3v) is 2.41. The summed E-state index contributed by atoms with van der Waals surface area (Å²) in [5.74, 6) is 0. The van der Waals surface area contributed by atoms with E-state index in [9.17, 15) is 4.39 Å². The monoisotopic (exact) mass is 174 g/mol. The van der Waals surface area contributed by atoms with Crippen molar-refractivity contribution in [3.05, 3.63) is 0 Å². The minimum Gasteiger partial charge on any atom is -0.314 e. The Morgan fingerprint density at radius 1 is 1.42 bits per heavy atom. The first kappa shape index (κ1) is 9.93. The van der Waals surface area contributed by atoms with Crippen LogP contribution in [0.1, 0.15) is 19.8 Å². The van der Waals surface area contributed by atoms with Crippen LogP contribution in [0, 0.1) is 0 Å². The molecule has 1 aliphatic rings. The van der Waals surface area contributed by atoms with Gasteiger partial charge in [-0.05, 0) is 12.8 Å². The van der Waals surface area contributed by atoms with Gasteiger partial charge in [0, 0.05) is 32.7 Å². The fourth-order valence-electron chi connectivity index (χ4n) is 1.46. The molecule has 1 rings (SSSR count). The quantitative estimate of drug-likeness (QED) is 0.685. The van der Waals surface area contributed by atoms with E-state index in [1.165, 1.54) is 0 Å². The van der Waals surface area contributed by atoms with Crippen LogP contribution in [-0.2, 0) is 0 Å². The topological polar surface area (TPSA) is 15.3 Å². The van der Waals surface area contributed by atoms with Crippen LogP contribution >= 0.6 is 0 Å². The maximum atomic E-state index is 12.8. The molecule has 0 saturated carbocycles. The molecule has 0 aromatic rings. The highest BCUT2D eigenvalue weighted by molar-refractivity contribution is 4.68. The molecule has 1 N–H and O–H groups in total. The lowest BCUT2D eigenvalue weighted by molar-refractivity contribution is 0.202. The maximum Gasteiger partial charge on any atom is 0.101 e. The molecular formula is C9H19FN2. The largest absolute Gasteiger partial charge is 0.314 e. The molecule has 1 aliphatic heterocycles. The molecule has 0 aromatic heterocycles. The van der Waals surface area contributed by atoms with E-state index >= 15 is 0 Å². The number of nitrogens with zero attached hydrogens (tertiary/aromatic N) is 1. The van der Waals surface area contributed by atoms with Gasteiger partial charge >= 0.3 is 0 Å². The van der Waals surface area contributed by atoms with E-state index in [4.69, 9.17) is 0 Å². The minimum atomic E-state index is -0.597. The highest BCUT2D eigenvalue weighted by Crippen LogP contribution is 2.04. The van der Waals surface area contributed by atoms with Gasteiger partial charge in [0.25, 0.3) is 0 Å². The molecule has 0 aliphatic carbocycles. The molecule has 1 heterocycles. The lowest BCUT2D eigenvalue weighted by atomic mass is 10.2. The van der Waals surface area contributed by atoms with Crippen molar-refractivity contribution in [1.82, 2.24) is 10.2 Å². The van der Waals surface area contributed by atoms with Crippen LogP contribution in [0.2, 0.25) is 0 Å². The van der Waals surface area contributed by atoms with E-state index in [2.05, 4.69) is 10.2 Å². The van der Waals surface area contributed by atoms with Crippen molar-refractivity contribution in [3.63, 3.8) is 0 Å². The van der Waals surface area contributed by atoms with Gasteiger partial charge in [0.05, 0.1) is 0 Å². The summed E-state index contributed by atoms with van der Waals surface area (Å²) >= 11 is 0. The molecule has 0 spiro atoms. The SMILES string of the molecule is CCC(F)CCN1CCNCC1. The Balaban J connectivity index is 2.05. The molecule has 72 valence electrons. The zero-order valence-corrected chi connectivity index (χ0v) is 7.85. The standard InChI is InChI=1S/C9H19FN2/c1-2-9(10)3-6-12-7-4-11-5-8-12/h9,11H,2-8H2,1H3. The predicted octanol–water partition coefficient (Wildman–Crippen LogP) is 1.03. The van der Waals surface area contributed by atoms with E-state index in [0.29, 0.717) is 12.8 Å². The van der Waals surface area contributed by atoms with Crippen molar-refractivity contribution in [3.8, 4) is 0 Å².